The quantitative estimate of drug-likeness (QED) is 0.626. The van der Waals surface area contributed by atoms with Crippen molar-refractivity contribution in [3.63, 3.8) is 0 Å². The highest BCUT2D eigenvalue weighted by Gasteiger charge is 2.23. The Kier molecular flexibility index (Phi) is 2.69. The summed E-state index contributed by atoms with van der Waals surface area (Å²) in [7, 11) is 0. The summed E-state index contributed by atoms with van der Waals surface area (Å²) < 4.78 is 5.40. The molecule has 1 rings (SSSR count). The molecule has 0 saturated carbocycles. The minimum atomic E-state index is 0.405. The Morgan fingerprint density at radius 2 is 2.20 bits per heavy atom. The number of nitrogens with one attached hydrogen (secondary N) is 1. The fraction of sp³-hybridized carbons (Fsp3) is 1.00. The van der Waals surface area contributed by atoms with Gasteiger partial charge in [-0.15, -0.1) is 0 Å². The zero-order valence-electron chi connectivity index (χ0n) is 7.05. The van der Waals surface area contributed by atoms with Crippen LogP contribution in [0.2, 0.25) is 0 Å². The third-order valence-corrected chi connectivity index (χ3v) is 1.92. The maximum Gasteiger partial charge on any atom is 0.0700 e. The van der Waals surface area contributed by atoms with E-state index in [1.165, 1.54) is 6.42 Å². The monoisotopic (exact) mass is 143 g/mol. The molecule has 10 heavy (non-hydrogen) atoms. The van der Waals surface area contributed by atoms with Crippen LogP contribution in [0.4, 0.5) is 0 Å². The van der Waals surface area contributed by atoms with Crippen LogP contribution < -0.4 is 5.32 Å². The van der Waals surface area contributed by atoms with Crippen molar-refractivity contribution in [2.45, 2.75) is 45.4 Å². The molecule has 0 aliphatic carbocycles. The molecular weight excluding hydrogens is 126 g/mol. The van der Waals surface area contributed by atoms with Gasteiger partial charge in [0.1, 0.15) is 0 Å². The average Bonchev–Trinajstić information content (AvgIpc) is 2.15. The predicted molar refractivity (Wildman–Crippen MR) is 42.1 cm³/mol. The SMILES string of the molecule is CC(C)N[C@@H]1CCO[C@H]1C. The smallest absolute Gasteiger partial charge is 0.0700 e. The van der Waals surface area contributed by atoms with Crippen molar-refractivity contribution in [3.8, 4) is 0 Å². The summed E-state index contributed by atoms with van der Waals surface area (Å²) in [6.07, 6.45) is 1.57. The molecule has 60 valence electrons. The van der Waals surface area contributed by atoms with E-state index in [-0.39, 0.29) is 0 Å². The van der Waals surface area contributed by atoms with Crippen LogP contribution in [0.1, 0.15) is 27.2 Å². The van der Waals surface area contributed by atoms with E-state index in [4.69, 9.17) is 4.74 Å². The average molecular weight is 143 g/mol. The van der Waals surface area contributed by atoms with Crippen LogP contribution in [0.15, 0.2) is 0 Å². The van der Waals surface area contributed by atoms with E-state index in [0.717, 1.165) is 6.61 Å². The van der Waals surface area contributed by atoms with E-state index in [2.05, 4.69) is 26.1 Å². The van der Waals surface area contributed by atoms with Gasteiger partial charge in [-0.2, -0.15) is 0 Å². The number of ether oxygens (including phenoxy) is 1. The van der Waals surface area contributed by atoms with Crippen molar-refractivity contribution >= 4 is 0 Å². The molecule has 1 saturated heterocycles. The Morgan fingerprint density at radius 1 is 1.50 bits per heavy atom. The molecular formula is C8H17NO. The second-order valence-corrected chi connectivity index (χ2v) is 3.29. The van der Waals surface area contributed by atoms with E-state index in [0.29, 0.717) is 18.2 Å². The molecule has 0 unspecified atom stereocenters. The highest BCUT2D eigenvalue weighted by Crippen LogP contribution is 2.12. The molecule has 0 amide bonds. The van der Waals surface area contributed by atoms with E-state index in [1.54, 1.807) is 0 Å². The van der Waals surface area contributed by atoms with Crippen molar-refractivity contribution in [3.05, 3.63) is 0 Å². The van der Waals surface area contributed by atoms with E-state index in [9.17, 15) is 0 Å². The second kappa shape index (κ2) is 3.35. The second-order valence-electron chi connectivity index (χ2n) is 3.29. The topological polar surface area (TPSA) is 21.3 Å². The number of hydrogen-bond donors (Lipinski definition) is 1. The molecule has 0 aromatic rings. The van der Waals surface area contributed by atoms with Gasteiger partial charge >= 0.3 is 0 Å². The first-order chi connectivity index (χ1) is 4.70. The molecule has 2 nitrogen and oxygen atoms in total. The van der Waals surface area contributed by atoms with Crippen molar-refractivity contribution < 1.29 is 4.74 Å². The molecule has 0 aromatic carbocycles. The highest BCUT2D eigenvalue weighted by molar-refractivity contribution is 4.79. The maximum atomic E-state index is 5.40. The normalized spacial score (nSPS) is 33.6. The van der Waals surface area contributed by atoms with E-state index >= 15 is 0 Å². The summed E-state index contributed by atoms with van der Waals surface area (Å²) in [5.41, 5.74) is 0. The van der Waals surface area contributed by atoms with Gasteiger partial charge in [0.25, 0.3) is 0 Å². The Bertz CT molecular complexity index is 103. The Hall–Kier alpha value is -0.0800. The Balaban J connectivity index is 2.26. The molecule has 0 bridgehead atoms. The van der Waals surface area contributed by atoms with Gasteiger partial charge < -0.3 is 10.1 Å². The molecule has 0 spiro atoms. The van der Waals surface area contributed by atoms with Crippen molar-refractivity contribution in [1.82, 2.24) is 5.32 Å². The van der Waals surface area contributed by atoms with Crippen LogP contribution in [0.3, 0.4) is 0 Å². The van der Waals surface area contributed by atoms with Crippen LogP contribution in [-0.4, -0.2) is 24.8 Å². The van der Waals surface area contributed by atoms with Crippen LogP contribution in [-0.2, 0) is 4.74 Å². The Labute approximate surface area is 63.0 Å². The Morgan fingerprint density at radius 3 is 2.60 bits per heavy atom. The first-order valence-electron chi connectivity index (χ1n) is 4.08. The number of rotatable bonds is 2. The first kappa shape index (κ1) is 8.02. The zero-order valence-corrected chi connectivity index (χ0v) is 7.05. The third kappa shape index (κ3) is 1.96. The molecule has 0 radical (unpaired) electrons. The molecule has 2 heteroatoms. The summed E-state index contributed by atoms with van der Waals surface area (Å²) in [5.74, 6) is 0. The summed E-state index contributed by atoms with van der Waals surface area (Å²) in [6, 6.07) is 1.16. The third-order valence-electron chi connectivity index (χ3n) is 1.92. The van der Waals surface area contributed by atoms with Crippen molar-refractivity contribution in [1.29, 1.82) is 0 Å². The largest absolute Gasteiger partial charge is 0.377 e. The molecule has 0 aromatic heterocycles. The van der Waals surface area contributed by atoms with Gasteiger partial charge in [-0.25, -0.2) is 0 Å². The zero-order chi connectivity index (χ0) is 7.56. The van der Waals surface area contributed by atoms with Crippen molar-refractivity contribution in [2.75, 3.05) is 6.61 Å². The van der Waals surface area contributed by atoms with Gasteiger partial charge in [0.15, 0.2) is 0 Å². The summed E-state index contributed by atoms with van der Waals surface area (Å²) in [5, 5.41) is 3.47. The van der Waals surface area contributed by atoms with Crippen LogP contribution in [0, 0.1) is 0 Å². The lowest BCUT2D eigenvalue weighted by Crippen LogP contribution is -2.39. The fourth-order valence-electron chi connectivity index (χ4n) is 1.38. The van der Waals surface area contributed by atoms with Crippen LogP contribution in [0.5, 0.6) is 0 Å². The van der Waals surface area contributed by atoms with Gasteiger partial charge in [0.05, 0.1) is 6.10 Å². The lowest BCUT2D eigenvalue weighted by molar-refractivity contribution is 0.111. The molecule has 2 atom stereocenters. The predicted octanol–water partition coefficient (Wildman–Crippen LogP) is 1.16. The van der Waals surface area contributed by atoms with Crippen molar-refractivity contribution in [2.24, 2.45) is 0 Å². The van der Waals surface area contributed by atoms with Gasteiger partial charge in [0, 0.05) is 18.7 Å². The van der Waals surface area contributed by atoms with Crippen LogP contribution in [0.25, 0.3) is 0 Å². The molecule has 1 N–H and O–H groups in total. The van der Waals surface area contributed by atoms with E-state index < -0.39 is 0 Å². The van der Waals surface area contributed by atoms with Gasteiger partial charge in [0.2, 0.25) is 0 Å². The lowest BCUT2D eigenvalue weighted by Gasteiger charge is -2.18. The standard InChI is InChI=1S/C8H17NO/c1-6(2)9-8-4-5-10-7(8)3/h6-9H,4-5H2,1-3H3/t7-,8+/m0/s1. The minimum absolute atomic E-state index is 0.405. The fourth-order valence-corrected chi connectivity index (χ4v) is 1.38. The van der Waals surface area contributed by atoms with E-state index in [1.807, 2.05) is 0 Å². The first-order valence-corrected chi connectivity index (χ1v) is 4.08. The van der Waals surface area contributed by atoms with Crippen LogP contribution >= 0.6 is 0 Å². The number of hydrogen-bond acceptors (Lipinski definition) is 2. The maximum absolute atomic E-state index is 5.40. The van der Waals surface area contributed by atoms with Gasteiger partial charge in [-0.05, 0) is 13.3 Å². The summed E-state index contributed by atoms with van der Waals surface area (Å²) in [4.78, 5) is 0. The summed E-state index contributed by atoms with van der Waals surface area (Å²) in [6.45, 7) is 7.40. The van der Waals surface area contributed by atoms with Gasteiger partial charge in [-0.1, -0.05) is 13.8 Å². The van der Waals surface area contributed by atoms with Gasteiger partial charge in [-0.3, -0.25) is 0 Å². The summed E-state index contributed by atoms with van der Waals surface area (Å²) >= 11 is 0. The molecule has 1 aliphatic heterocycles. The molecule has 1 aliphatic rings. The molecule has 1 fully saturated rings. The lowest BCUT2D eigenvalue weighted by atomic mass is 10.1. The molecule has 1 heterocycles. The minimum Gasteiger partial charge on any atom is -0.377 e. The highest BCUT2D eigenvalue weighted by atomic mass is 16.5.